The molecule has 3 aromatic carbocycles. The highest BCUT2D eigenvalue weighted by atomic mass is 32.2. The second-order valence-electron chi connectivity index (χ2n) is 7.60. The molecule has 1 fully saturated rings. The number of rotatable bonds is 8. The molecule has 0 aliphatic carbocycles. The lowest BCUT2D eigenvalue weighted by atomic mass is 10.1. The van der Waals surface area contributed by atoms with Crippen molar-refractivity contribution in [2.45, 2.75) is 24.0 Å². The Morgan fingerprint density at radius 3 is 2.22 bits per heavy atom. The van der Waals surface area contributed by atoms with Crippen LogP contribution in [0.2, 0.25) is 0 Å². The summed E-state index contributed by atoms with van der Waals surface area (Å²) in [5, 5.41) is -0.656. The van der Waals surface area contributed by atoms with Gasteiger partial charge in [-0.1, -0.05) is 42.1 Å². The van der Waals surface area contributed by atoms with E-state index in [1.54, 1.807) is 31.2 Å². The number of nitrogens with zero attached hydrogens (tertiary/aromatic N) is 2. The van der Waals surface area contributed by atoms with E-state index in [2.05, 4.69) is 4.40 Å². The molecule has 0 N–H and O–H groups in total. The van der Waals surface area contributed by atoms with Gasteiger partial charge in [-0.2, -0.15) is 8.42 Å². The van der Waals surface area contributed by atoms with E-state index in [9.17, 15) is 18.0 Å². The van der Waals surface area contributed by atoms with Crippen LogP contribution in [0.4, 0.5) is 5.69 Å². The highest BCUT2D eigenvalue weighted by Crippen LogP contribution is 2.42. The Hall–Kier alpha value is -3.63. The summed E-state index contributed by atoms with van der Waals surface area (Å²) in [6.07, 6.45) is 0. The largest absolute Gasteiger partial charge is 0.494 e. The number of ether oxygens (including phenoxy) is 2. The Balaban J connectivity index is 1.73. The van der Waals surface area contributed by atoms with Crippen LogP contribution in [0.15, 0.2) is 88.2 Å². The zero-order valence-electron chi connectivity index (χ0n) is 19.7. The van der Waals surface area contributed by atoms with E-state index in [0.29, 0.717) is 23.6 Å². The average molecular weight is 525 g/mol. The van der Waals surface area contributed by atoms with Crippen LogP contribution in [-0.2, 0) is 19.6 Å². The van der Waals surface area contributed by atoms with Crippen molar-refractivity contribution in [1.82, 2.24) is 0 Å². The van der Waals surface area contributed by atoms with Crippen LogP contribution < -0.4 is 9.64 Å². The second kappa shape index (κ2) is 11.0. The summed E-state index contributed by atoms with van der Waals surface area (Å²) >= 11 is 1.06. The third-order valence-corrected chi connectivity index (χ3v) is 7.82. The molecule has 1 amide bonds. The van der Waals surface area contributed by atoms with E-state index < -0.39 is 21.2 Å². The van der Waals surface area contributed by atoms with Gasteiger partial charge in [0.15, 0.2) is 5.17 Å². The molecule has 0 aromatic heterocycles. The van der Waals surface area contributed by atoms with E-state index in [-0.39, 0.29) is 22.6 Å². The maximum Gasteiger partial charge on any atom is 0.338 e. The summed E-state index contributed by atoms with van der Waals surface area (Å²) in [6, 6.07) is 21.2. The van der Waals surface area contributed by atoms with Crippen LogP contribution >= 0.6 is 11.8 Å². The lowest BCUT2D eigenvalue weighted by Gasteiger charge is -2.17. The van der Waals surface area contributed by atoms with Gasteiger partial charge in [-0.25, -0.2) is 4.79 Å². The highest BCUT2D eigenvalue weighted by molar-refractivity contribution is 8.16. The fraction of sp³-hybridized carbons (Fsp3) is 0.192. The normalized spacial score (nSPS) is 16.8. The first-order chi connectivity index (χ1) is 17.3. The number of benzene rings is 3. The second-order valence-corrected chi connectivity index (χ2v) is 10.3. The lowest BCUT2D eigenvalue weighted by molar-refractivity contribution is -0.117. The third kappa shape index (κ3) is 5.44. The van der Waals surface area contributed by atoms with Gasteiger partial charge in [-0.3, -0.25) is 9.69 Å². The van der Waals surface area contributed by atoms with E-state index in [1.165, 1.54) is 29.2 Å². The number of anilines is 1. The van der Waals surface area contributed by atoms with Crippen LogP contribution in [-0.4, -0.2) is 38.7 Å². The van der Waals surface area contributed by atoms with E-state index >= 15 is 0 Å². The molecule has 0 radical (unpaired) electrons. The van der Waals surface area contributed by atoms with Crippen molar-refractivity contribution in [2.75, 3.05) is 18.1 Å². The highest BCUT2D eigenvalue weighted by Gasteiger charge is 2.41. The predicted octanol–water partition coefficient (Wildman–Crippen LogP) is 4.83. The van der Waals surface area contributed by atoms with Gasteiger partial charge in [0, 0.05) is 0 Å². The summed E-state index contributed by atoms with van der Waals surface area (Å²) in [6.45, 7) is 4.24. The molecule has 8 nitrogen and oxygen atoms in total. The SMILES string of the molecule is CCOC(=O)c1ccc(N2C(=O)[C@H](c3ccccc3)SC2=NS(=O)(=O)c2ccc(OCC)cc2)cc1. The summed E-state index contributed by atoms with van der Waals surface area (Å²) in [4.78, 5) is 26.8. The van der Waals surface area contributed by atoms with Crippen molar-refractivity contribution in [3.8, 4) is 5.75 Å². The molecule has 4 rings (SSSR count). The van der Waals surface area contributed by atoms with Crippen molar-refractivity contribution >= 4 is 44.5 Å². The lowest BCUT2D eigenvalue weighted by Crippen LogP contribution is -2.30. The Morgan fingerprint density at radius 2 is 1.61 bits per heavy atom. The molecule has 1 saturated heterocycles. The van der Waals surface area contributed by atoms with E-state index in [4.69, 9.17) is 9.47 Å². The van der Waals surface area contributed by atoms with Crippen molar-refractivity contribution in [3.63, 3.8) is 0 Å². The van der Waals surface area contributed by atoms with Crippen LogP contribution in [0.5, 0.6) is 5.75 Å². The first-order valence-corrected chi connectivity index (χ1v) is 13.6. The molecule has 0 spiro atoms. The summed E-state index contributed by atoms with van der Waals surface area (Å²) in [5.41, 5.74) is 1.43. The quantitative estimate of drug-likeness (QED) is 0.389. The summed E-state index contributed by atoms with van der Waals surface area (Å²) in [5.74, 6) is -0.280. The minimum absolute atomic E-state index is 0.0200. The minimum Gasteiger partial charge on any atom is -0.494 e. The minimum atomic E-state index is -4.13. The standard InChI is InChI=1S/C26H24N2O6S2/c1-3-33-21-14-16-22(17-15-21)36(31,32)27-26-28(20-12-10-19(11-13-20)25(30)34-4-2)24(29)23(35-26)18-8-6-5-7-9-18/h5-17,23H,3-4H2,1-2H3/t23-/m0/s1. The van der Waals surface area contributed by atoms with Crippen molar-refractivity contribution < 1.29 is 27.5 Å². The molecule has 36 heavy (non-hydrogen) atoms. The maximum absolute atomic E-state index is 13.5. The molecule has 1 atom stereocenters. The van der Waals surface area contributed by atoms with Crippen LogP contribution in [0, 0.1) is 0 Å². The molecular formula is C26H24N2O6S2. The molecule has 1 aliphatic heterocycles. The van der Waals surface area contributed by atoms with Crippen molar-refractivity contribution in [3.05, 3.63) is 90.0 Å². The van der Waals surface area contributed by atoms with Gasteiger partial charge < -0.3 is 9.47 Å². The molecule has 186 valence electrons. The topological polar surface area (TPSA) is 102 Å². The summed E-state index contributed by atoms with van der Waals surface area (Å²) < 4.78 is 40.8. The Bertz CT molecular complexity index is 1370. The molecular weight excluding hydrogens is 500 g/mol. The number of esters is 1. The number of sulfonamides is 1. The fourth-order valence-corrected chi connectivity index (χ4v) is 5.90. The number of carbonyl (C=O) groups is 2. The number of hydrogen-bond acceptors (Lipinski definition) is 7. The number of hydrogen-bond donors (Lipinski definition) is 0. The van der Waals surface area contributed by atoms with E-state index in [0.717, 1.165) is 17.3 Å². The summed E-state index contributed by atoms with van der Waals surface area (Å²) in [7, 11) is -4.13. The van der Waals surface area contributed by atoms with Crippen LogP contribution in [0.1, 0.15) is 35.0 Å². The fourth-order valence-electron chi connectivity index (χ4n) is 3.55. The molecule has 3 aromatic rings. The number of carbonyl (C=O) groups excluding carboxylic acids is 2. The zero-order chi connectivity index (χ0) is 25.7. The molecule has 10 heteroatoms. The smallest absolute Gasteiger partial charge is 0.338 e. The van der Waals surface area contributed by atoms with Gasteiger partial charge in [0.2, 0.25) is 0 Å². The van der Waals surface area contributed by atoms with Gasteiger partial charge in [-0.15, -0.1) is 4.40 Å². The van der Waals surface area contributed by atoms with Gasteiger partial charge in [0.05, 0.1) is 29.4 Å². The average Bonchev–Trinajstić information content (AvgIpc) is 3.20. The Kier molecular flexibility index (Phi) is 7.76. The number of thioether (sulfide) groups is 1. The van der Waals surface area contributed by atoms with Crippen molar-refractivity contribution in [1.29, 1.82) is 0 Å². The van der Waals surface area contributed by atoms with Gasteiger partial charge in [0.25, 0.3) is 15.9 Å². The third-order valence-electron chi connectivity index (χ3n) is 5.23. The molecule has 1 aliphatic rings. The number of amidine groups is 1. The maximum atomic E-state index is 13.5. The van der Waals surface area contributed by atoms with Crippen LogP contribution in [0.25, 0.3) is 0 Å². The predicted molar refractivity (Wildman–Crippen MR) is 139 cm³/mol. The first-order valence-electron chi connectivity index (χ1n) is 11.2. The first kappa shape index (κ1) is 25.5. The number of amides is 1. The molecule has 1 heterocycles. The Morgan fingerprint density at radius 1 is 0.944 bits per heavy atom. The molecule has 0 saturated carbocycles. The molecule has 0 unspecified atom stereocenters. The van der Waals surface area contributed by atoms with Crippen molar-refractivity contribution in [2.24, 2.45) is 4.40 Å². The molecule has 0 bridgehead atoms. The van der Waals surface area contributed by atoms with Gasteiger partial charge >= 0.3 is 5.97 Å². The van der Waals surface area contributed by atoms with E-state index in [1.807, 2.05) is 37.3 Å². The monoisotopic (exact) mass is 524 g/mol. The Labute approximate surface area is 214 Å². The van der Waals surface area contributed by atoms with Gasteiger partial charge in [-0.05, 0) is 67.9 Å². The van der Waals surface area contributed by atoms with Crippen LogP contribution in [0.3, 0.4) is 0 Å². The van der Waals surface area contributed by atoms with Gasteiger partial charge in [0.1, 0.15) is 11.0 Å². The zero-order valence-corrected chi connectivity index (χ0v) is 21.3.